The maximum Gasteiger partial charge on any atom is 0.196 e. The van der Waals surface area contributed by atoms with Gasteiger partial charge in [-0.1, -0.05) is 54.6 Å². The number of ketones is 1. The summed E-state index contributed by atoms with van der Waals surface area (Å²) in [7, 11) is 0. The first kappa shape index (κ1) is 15.0. The van der Waals surface area contributed by atoms with Crippen molar-refractivity contribution in [3.8, 4) is 11.1 Å². The molecule has 3 aromatic carbocycles. The summed E-state index contributed by atoms with van der Waals surface area (Å²) in [4.78, 5) is 12.2. The molecule has 0 radical (unpaired) electrons. The highest BCUT2D eigenvalue weighted by Crippen LogP contribution is 2.22. The van der Waals surface area contributed by atoms with Crippen molar-refractivity contribution in [2.24, 2.45) is 0 Å². The third-order valence-electron chi connectivity index (χ3n) is 3.51. The van der Waals surface area contributed by atoms with Crippen LogP contribution >= 0.6 is 0 Å². The van der Waals surface area contributed by atoms with E-state index in [1.165, 1.54) is 12.1 Å². The van der Waals surface area contributed by atoms with Crippen molar-refractivity contribution in [1.82, 2.24) is 0 Å². The molecule has 0 saturated heterocycles. The van der Waals surface area contributed by atoms with Crippen LogP contribution in [0.25, 0.3) is 11.1 Å². The first-order chi connectivity index (χ1) is 11.1. The van der Waals surface area contributed by atoms with Crippen molar-refractivity contribution in [1.29, 1.82) is 0 Å². The molecule has 0 aromatic heterocycles. The second-order valence-corrected chi connectivity index (χ2v) is 5.02. The zero-order chi connectivity index (χ0) is 16.4. The molecule has 0 spiro atoms. The van der Waals surface area contributed by atoms with Crippen LogP contribution in [-0.2, 0) is 0 Å². The van der Waals surface area contributed by atoms with Gasteiger partial charge >= 0.3 is 0 Å². The molecule has 0 unspecified atom stereocenters. The van der Waals surface area contributed by atoms with Crippen LogP contribution in [0.3, 0.4) is 0 Å². The summed E-state index contributed by atoms with van der Waals surface area (Å²) in [6.07, 6.45) is 0. The SMILES string of the molecule is O=C(c1ccc(-c2ccccc2)cc1)c1cc(F)c(F)cc1F. The van der Waals surface area contributed by atoms with E-state index < -0.39 is 28.8 Å². The minimum Gasteiger partial charge on any atom is -0.288 e. The Morgan fingerprint density at radius 2 is 1.22 bits per heavy atom. The summed E-state index contributed by atoms with van der Waals surface area (Å²) in [5, 5.41) is 0. The molecule has 23 heavy (non-hydrogen) atoms. The molecule has 3 aromatic rings. The number of halogens is 3. The summed E-state index contributed by atoms with van der Waals surface area (Å²) >= 11 is 0. The molecule has 114 valence electrons. The smallest absolute Gasteiger partial charge is 0.196 e. The summed E-state index contributed by atoms with van der Waals surface area (Å²) in [6, 6.07) is 17.0. The highest BCUT2D eigenvalue weighted by atomic mass is 19.2. The normalized spacial score (nSPS) is 10.6. The van der Waals surface area contributed by atoms with Gasteiger partial charge in [0.15, 0.2) is 17.4 Å². The molecule has 0 bridgehead atoms. The Hall–Kier alpha value is -2.88. The first-order valence-electron chi connectivity index (χ1n) is 6.91. The lowest BCUT2D eigenvalue weighted by Gasteiger charge is -2.06. The quantitative estimate of drug-likeness (QED) is 0.491. The van der Waals surface area contributed by atoms with Crippen molar-refractivity contribution >= 4 is 5.78 Å². The van der Waals surface area contributed by atoms with Crippen LogP contribution in [0.5, 0.6) is 0 Å². The van der Waals surface area contributed by atoms with Gasteiger partial charge in [0.25, 0.3) is 0 Å². The number of benzene rings is 3. The minimum atomic E-state index is -1.32. The lowest BCUT2D eigenvalue weighted by Crippen LogP contribution is -2.06. The summed E-state index contributed by atoms with van der Waals surface area (Å²) in [5.74, 6) is -4.35. The van der Waals surface area contributed by atoms with Gasteiger partial charge < -0.3 is 0 Å². The van der Waals surface area contributed by atoms with Crippen molar-refractivity contribution < 1.29 is 18.0 Å². The standard InChI is InChI=1S/C19H11F3O/c20-16-11-18(22)17(21)10-15(16)19(23)14-8-6-13(7-9-14)12-4-2-1-3-5-12/h1-11H. The Bertz CT molecular complexity index is 856. The van der Waals surface area contributed by atoms with Gasteiger partial charge in [0.05, 0.1) is 5.56 Å². The van der Waals surface area contributed by atoms with Crippen LogP contribution in [0, 0.1) is 17.5 Å². The first-order valence-corrected chi connectivity index (χ1v) is 6.91. The minimum absolute atomic E-state index is 0.203. The van der Waals surface area contributed by atoms with Crippen molar-refractivity contribution in [2.45, 2.75) is 0 Å². The van der Waals surface area contributed by atoms with Gasteiger partial charge in [-0.25, -0.2) is 13.2 Å². The molecular weight excluding hydrogens is 301 g/mol. The Balaban J connectivity index is 1.94. The molecule has 0 fully saturated rings. The van der Waals surface area contributed by atoms with E-state index in [2.05, 4.69) is 0 Å². The number of rotatable bonds is 3. The number of carbonyl (C=O) groups excluding carboxylic acids is 1. The lowest BCUT2D eigenvalue weighted by atomic mass is 9.99. The van der Waals surface area contributed by atoms with Crippen LogP contribution in [0.4, 0.5) is 13.2 Å². The van der Waals surface area contributed by atoms with Crippen LogP contribution in [0.15, 0.2) is 66.7 Å². The van der Waals surface area contributed by atoms with Crippen molar-refractivity contribution in [3.05, 3.63) is 95.3 Å². The van der Waals surface area contributed by atoms with Crippen LogP contribution in [0.1, 0.15) is 15.9 Å². The van der Waals surface area contributed by atoms with Gasteiger partial charge in [0, 0.05) is 11.6 Å². The molecule has 0 aliphatic heterocycles. The van der Waals surface area contributed by atoms with Gasteiger partial charge in [-0.3, -0.25) is 4.79 Å². The average molecular weight is 312 g/mol. The molecule has 0 atom stereocenters. The highest BCUT2D eigenvalue weighted by molar-refractivity contribution is 6.09. The number of carbonyl (C=O) groups is 1. The summed E-state index contributed by atoms with van der Waals surface area (Å²) in [6.45, 7) is 0. The second kappa shape index (κ2) is 6.08. The van der Waals surface area contributed by atoms with E-state index in [9.17, 15) is 18.0 Å². The molecule has 0 heterocycles. The van der Waals surface area contributed by atoms with Crippen molar-refractivity contribution in [2.75, 3.05) is 0 Å². The molecule has 4 heteroatoms. The molecule has 3 rings (SSSR count). The van der Waals surface area contributed by atoms with Gasteiger partial charge in [0.1, 0.15) is 5.82 Å². The molecular formula is C19H11F3O. The lowest BCUT2D eigenvalue weighted by molar-refractivity contribution is 0.103. The third kappa shape index (κ3) is 3.01. The van der Waals surface area contributed by atoms with Gasteiger partial charge in [0.2, 0.25) is 0 Å². The van der Waals surface area contributed by atoms with E-state index in [-0.39, 0.29) is 5.56 Å². The highest BCUT2D eigenvalue weighted by Gasteiger charge is 2.17. The van der Waals surface area contributed by atoms with E-state index >= 15 is 0 Å². The Kier molecular flexibility index (Phi) is 3.98. The number of hydrogen-bond donors (Lipinski definition) is 0. The van der Waals surface area contributed by atoms with E-state index in [4.69, 9.17) is 0 Å². The second-order valence-electron chi connectivity index (χ2n) is 5.02. The zero-order valence-corrected chi connectivity index (χ0v) is 11.9. The predicted octanol–water partition coefficient (Wildman–Crippen LogP) is 5.00. The van der Waals surface area contributed by atoms with Gasteiger partial charge in [-0.2, -0.15) is 0 Å². The van der Waals surface area contributed by atoms with Crippen LogP contribution in [-0.4, -0.2) is 5.78 Å². The predicted molar refractivity (Wildman–Crippen MR) is 81.6 cm³/mol. The Morgan fingerprint density at radius 3 is 1.87 bits per heavy atom. The topological polar surface area (TPSA) is 17.1 Å². The molecule has 1 nitrogen and oxygen atoms in total. The Labute approximate surface area is 131 Å². The van der Waals surface area contributed by atoms with E-state index in [1.54, 1.807) is 12.1 Å². The number of hydrogen-bond acceptors (Lipinski definition) is 1. The average Bonchev–Trinajstić information content (AvgIpc) is 2.58. The summed E-state index contributed by atoms with van der Waals surface area (Å²) in [5.41, 5.74) is 1.59. The molecule has 0 N–H and O–H groups in total. The molecule has 0 amide bonds. The maximum atomic E-state index is 13.7. The fourth-order valence-electron chi connectivity index (χ4n) is 2.30. The fraction of sp³-hybridized carbons (Fsp3) is 0. The summed E-state index contributed by atoms with van der Waals surface area (Å²) < 4.78 is 39.8. The fourth-order valence-corrected chi connectivity index (χ4v) is 2.30. The third-order valence-corrected chi connectivity index (χ3v) is 3.51. The van der Waals surface area contributed by atoms with Gasteiger partial charge in [-0.05, 0) is 17.2 Å². The molecule has 0 saturated carbocycles. The van der Waals surface area contributed by atoms with Crippen LogP contribution in [0.2, 0.25) is 0 Å². The van der Waals surface area contributed by atoms with E-state index in [1.807, 2.05) is 30.3 Å². The van der Waals surface area contributed by atoms with Crippen LogP contribution < -0.4 is 0 Å². The molecule has 0 aliphatic carbocycles. The van der Waals surface area contributed by atoms with Crippen molar-refractivity contribution in [3.63, 3.8) is 0 Å². The van der Waals surface area contributed by atoms with Gasteiger partial charge in [-0.15, -0.1) is 0 Å². The largest absolute Gasteiger partial charge is 0.288 e. The van der Waals surface area contributed by atoms with E-state index in [0.29, 0.717) is 12.1 Å². The zero-order valence-electron chi connectivity index (χ0n) is 11.9. The Morgan fingerprint density at radius 1 is 0.652 bits per heavy atom. The van der Waals surface area contributed by atoms with E-state index in [0.717, 1.165) is 11.1 Å². The maximum absolute atomic E-state index is 13.7. The monoisotopic (exact) mass is 312 g/mol. The molecule has 0 aliphatic rings.